The summed E-state index contributed by atoms with van der Waals surface area (Å²) in [6.07, 6.45) is 3.96. The van der Waals surface area contributed by atoms with Crippen molar-refractivity contribution in [3.8, 4) is 6.01 Å². The summed E-state index contributed by atoms with van der Waals surface area (Å²) in [6, 6.07) is 6.78. The molecule has 0 bridgehead atoms. The largest absolute Gasteiger partial charge is 0.460 e. The number of benzene rings is 1. The minimum absolute atomic E-state index is 0.132. The zero-order valence-electron chi connectivity index (χ0n) is 20.4. The molecule has 3 aromatic heterocycles. The van der Waals surface area contributed by atoms with Crippen molar-refractivity contribution < 1.29 is 4.74 Å². The van der Waals surface area contributed by atoms with E-state index in [-0.39, 0.29) is 6.10 Å². The molecule has 0 unspecified atom stereocenters. The average Bonchev–Trinajstić information content (AvgIpc) is 3.42. The van der Waals surface area contributed by atoms with Crippen molar-refractivity contribution in [1.29, 1.82) is 0 Å². The van der Waals surface area contributed by atoms with Crippen LogP contribution in [0.15, 0.2) is 24.4 Å². The van der Waals surface area contributed by atoms with Gasteiger partial charge in [-0.25, -0.2) is 4.98 Å². The van der Waals surface area contributed by atoms with E-state index in [4.69, 9.17) is 19.7 Å². The molecule has 1 fully saturated rings. The Morgan fingerprint density at radius 1 is 1.18 bits per heavy atom. The van der Waals surface area contributed by atoms with Gasteiger partial charge in [0.1, 0.15) is 11.1 Å². The van der Waals surface area contributed by atoms with Gasteiger partial charge in [0.15, 0.2) is 5.65 Å². The van der Waals surface area contributed by atoms with Crippen LogP contribution in [0, 0.1) is 0 Å². The van der Waals surface area contributed by atoms with Gasteiger partial charge in [-0.05, 0) is 44.0 Å². The quantitative estimate of drug-likeness (QED) is 0.425. The Balaban J connectivity index is 1.41. The van der Waals surface area contributed by atoms with Crippen LogP contribution in [0.1, 0.15) is 43.2 Å². The van der Waals surface area contributed by atoms with Crippen molar-refractivity contribution in [2.45, 2.75) is 45.3 Å². The van der Waals surface area contributed by atoms with Gasteiger partial charge in [0, 0.05) is 38.4 Å². The van der Waals surface area contributed by atoms with E-state index in [1.54, 1.807) is 15.9 Å². The van der Waals surface area contributed by atoms with Crippen LogP contribution in [-0.2, 0) is 6.54 Å². The molecule has 1 aromatic carbocycles. The lowest BCUT2D eigenvalue weighted by molar-refractivity contribution is 0.105. The second kappa shape index (κ2) is 9.34. The molecule has 10 heteroatoms. The first-order valence-electron chi connectivity index (χ1n) is 11.8. The molecule has 4 aromatic rings. The second-order valence-electron chi connectivity index (χ2n) is 9.45. The number of rotatable bonds is 7. The smallest absolute Gasteiger partial charge is 0.322 e. The van der Waals surface area contributed by atoms with Gasteiger partial charge in [0.05, 0.1) is 23.0 Å². The predicted molar refractivity (Wildman–Crippen MR) is 137 cm³/mol. The molecule has 0 amide bonds. The summed E-state index contributed by atoms with van der Waals surface area (Å²) in [5.41, 5.74) is 4.02. The number of hydrogen-bond acceptors (Lipinski definition) is 9. The molecule has 180 valence electrons. The third-order valence-corrected chi connectivity index (χ3v) is 7.30. The van der Waals surface area contributed by atoms with Crippen molar-refractivity contribution in [3.63, 3.8) is 0 Å². The highest BCUT2D eigenvalue weighted by Crippen LogP contribution is 2.28. The Morgan fingerprint density at radius 3 is 2.71 bits per heavy atom. The minimum Gasteiger partial charge on any atom is -0.460 e. The topological polar surface area (TPSA) is 83.7 Å². The van der Waals surface area contributed by atoms with Crippen LogP contribution in [-0.4, -0.2) is 69.8 Å². The maximum atomic E-state index is 6.24. The van der Waals surface area contributed by atoms with Gasteiger partial charge in [-0.3, -0.25) is 0 Å². The van der Waals surface area contributed by atoms with E-state index in [0.717, 1.165) is 53.4 Å². The number of ether oxygens (including phenoxy) is 1. The molecule has 1 N–H and O–H groups in total. The van der Waals surface area contributed by atoms with Crippen molar-refractivity contribution in [2.75, 3.05) is 44.4 Å². The molecule has 0 spiro atoms. The number of nitrogens with one attached hydrogen (secondary N) is 1. The molecule has 0 saturated carbocycles. The third-order valence-electron chi connectivity index (χ3n) is 6.26. The molecule has 5 rings (SSSR count). The zero-order valence-corrected chi connectivity index (χ0v) is 21.3. The Hall–Kier alpha value is -2.98. The van der Waals surface area contributed by atoms with Crippen molar-refractivity contribution >= 4 is 38.8 Å². The third kappa shape index (κ3) is 4.65. The van der Waals surface area contributed by atoms with Crippen molar-refractivity contribution in [2.24, 2.45) is 0 Å². The molecule has 0 radical (unpaired) electrons. The minimum atomic E-state index is 0.132. The highest BCUT2D eigenvalue weighted by molar-refractivity contribution is 7.18. The van der Waals surface area contributed by atoms with Gasteiger partial charge in [-0.15, -0.1) is 11.3 Å². The maximum absolute atomic E-state index is 6.24. The summed E-state index contributed by atoms with van der Waals surface area (Å²) < 4.78 is 9.19. The number of likely N-dealkylation sites (tertiary alicyclic amines) is 1. The standard InChI is InChI=1S/C24H32N8OS/c1-15(2)18-13-26-32-22(18)28-24(33-17-8-10-31(5)11-9-17)29-23(32)25-14-21-27-19-12-16(30(3)4)6-7-20(19)34-21/h6-7,12-13,15,17H,8-11,14H2,1-5H3,(H,25,28,29). The molecular formula is C24H32N8OS. The summed E-state index contributed by atoms with van der Waals surface area (Å²) in [7, 11) is 6.22. The highest BCUT2D eigenvalue weighted by atomic mass is 32.1. The molecular weight excluding hydrogens is 448 g/mol. The molecule has 1 aliphatic rings. The second-order valence-corrected chi connectivity index (χ2v) is 10.6. The van der Waals surface area contributed by atoms with Crippen LogP contribution in [0.25, 0.3) is 15.9 Å². The fraction of sp³-hybridized carbons (Fsp3) is 0.500. The summed E-state index contributed by atoms with van der Waals surface area (Å²) in [6.45, 7) is 6.89. The van der Waals surface area contributed by atoms with Crippen LogP contribution in [0.3, 0.4) is 0 Å². The lowest BCUT2D eigenvalue weighted by Crippen LogP contribution is -2.36. The number of nitrogens with zero attached hydrogens (tertiary/aromatic N) is 7. The van der Waals surface area contributed by atoms with Gasteiger partial charge in [-0.2, -0.15) is 19.6 Å². The number of aromatic nitrogens is 5. The number of thiazole rings is 1. The van der Waals surface area contributed by atoms with Crippen LogP contribution in [0.5, 0.6) is 6.01 Å². The first-order valence-corrected chi connectivity index (χ1v) is 12.6. The monoisotopic (exact) mass is 480 g/mol. The molecule has 4 heterocycles. The summed E-state index contributed by atoms with van der Waals surface area (Å²) >= 11 is 1.68. The van der Waals surface area contributed by atoms with E-state index in [9.17, 15) is 0 Å². The van der Waals surface area contributed by atoms with Crippen molar-refractivity contribution in [1.82, 2.24) is 29.5 Å². The van der Waals surface area contributed by atoms with E-state index in [2.05, 4.69) is 59.3 Å². The Bertz CT molecular complexity index is 1290. The van der Waals surface area contributed by atoms with Crippen LogP contribution in [0.2, 0.25) is 0 Å². The van der Waals surface area contributed by atoms with Gasteiger partial charge >= 0.3 is 6.01 Å². The molecule has 9 nitrogen and oxygen atoms in total. The van der Waals surface area contributed by atoms with E-state index < -0.39 is 0 Å². The number of fused-ring (bicyclic) bond motifs is 2. The first-order chi connectivity index (χ1) is 16.4. The lowest BCUT2D eigenvalue weighted by atomic mass is 10.1. The maximum Gasteiger partial charge on any atom is 0.322 e. The molecule has 34 heavy (non-hydrogen) atoms. The molecule has 0 atom stereocenters. The zero-order chi connectivity index (χ0) is 23.8. The Morgan fingerprint density at radius 2 is 1.97 bits per heavy atom. The van der Waals surface area contributed by atoms with E-state index in [1.807, 2.05) is 20.3 Å². The van der Waals surface area contributed by atoms with Gasteiger partial charge in [-0.1, -0.05) is 13.8 Å². The Labute approximate surface area is 203 Å². The predicted octanol–water partition coefficient (Wildman–Crippen LogP) is 4.01. The first kappa shape index (κ1) is 22.8. The SMILES string of the molecule is CC(C)c1cnn2c(NCc3nc4cc(N(C)C)ccc4s3)nc(OC3CCN(C)CC3)nc12. The lowest BCUT2D eigenvalue weighted by Gasteiger charge is -2.28. The number of hydrogen-bond donors (Lipinski definition) is 1. The average molecular weight is 481 g/mol. The van der Waals surface area contributed by atoms with Crippen LogP contribution < -0.4 is 15.0 Å². The highest BCUT2D eigenvalue weighted by Gasteiger charge is 2.22. The van der Waals surface area contributed by atoms with Gasteiger partial charge in [0.25, 0.3) is 0 Å². The number of anilines is 2. The van der Waals surface area contributed by atoms with Crippen LogP contribution >= 0.6 is 11.3 Å². The van der Waals surface area contributed by atoms with Crippen molar-refractivity contribution in [3.05, 3.63) is 35.0 Å². The summed E-state index contributed by atoms with van der Waals surface area (Å²) in [5.74, 6) is 0.916. The molecule has 0 aliphatic carbocycles. The van der Waals surface area contributed by atoms with Gasteiger partial charge in [0.2, 0.25) is 5.95 Å². The summed E-state index contributed by atoms with van der Waals surface area (Å²) in [4.78, 5) is 18.7. The van der Waals surface area contributed by atoms with Crippen LogP contribution in [0.4, 0.5) is 11.6 Å². The van der Waals surface area contributed by atoms with E-state index in [0.29, 0.717) is 24.4 Å². The fourth-order valence-electron chi connectivity index (χ4n) is 4.17. The molecule has 1 aliphatic heterocycles. The number of piperidine rings is 1. The van der Waals surface area contributed by atoms with Gasteiger partial charge < -0.3 is 19.9 Å². The summed E-state index contributed by atoms with van der Waals surface area (Å²) in [5, 5.41) is 9.00. The molecule has 1 saturated heterocycles. The van der Waals surface area contributed by atoms with E-state index >= 15 is 0 Å². The normalized spacial score (nSPS) is 15.5. The fourth-order valence-corrected chi connectivity index (χ4v) is 5.06. The Kier molecular flexibility index (Phi) is 6.26. The van der Waals surface area contributed by atoms with E-state index in [1.165, 1.54) is 4.70 Å².